The Morgan fingerprint density at radius 2 is 2.11 bits per heavy atom. The van der Waals surface area contributed by atoms with Gasteiger partial charge in [-0.15, -0.1) is 6.58 Å². The summed E-state index contributed by atoms with van der Waals surface area (Å²) in [7, 11) is -3.95. The molecule has 0 aliphatic heterocycles. The smallest absolute Gasteiger partial charge is 0.246 e. The van der Waals surface area contributed by atoms with Gasteiger partial charge in [-0.2, -0.15) is 4.31 Å². The van der Waals surface area contributed by atoms with Crippen LogP contribution < -0.4 is 5.73 Å². The predicted octanol–water partition coefficient (Wildman–Crippen LogP) is 2.76. The van der Waals surface area contributed by atoms with Crippen LogP contribution in [-0.2, 0) is 10.0 Å². The van der Waals surface area contributed by atoms with Crippen LogP contribution in [0.25, 0.3) is 0 Å². The van der Waals surface area contributed by atoms with Crippen molar-refractivity contribution in [1.82, 2.24) is 4.31 Å². The largest absolute Gasteiger partial charge is 0.398 e. The molecule has 0 spiro atoms. The van der Waals surface area contributed by atoms with E-state index in [9.17, 15) is 12.8 Å². The zero-order valence-electron chi connectivity index (χ0n) is 10.7. The van der Waals surface area contributed by atoms with E-state index in [2.05, 4.69) is 22.5 Å². The van der Waals surface area contributed by atoms with Crippen LogP contribution in [-0.4, -0.2) is 25.3 Å². The number of anilines is 1. The van der Waals surface area contributed by atoms with Gasteiger partial charge in [-0.3, -0.25) is 0 Å². The highest BCUT2D eigenvalue weighted by Crippen LogP contribution is 2.28. The van der Waals surface area contributed by atoms with Gasteiger partial charge in [0, 0.05) is 22.7 Å². The standard InChI is InChI=1S/C12H16BrFN2O2S/c1-4-5-16(8(2)3)19(17,18)12-7-11(15)9(13)6-10(12)14/h4,6-8H,1,5,15H2,2-3H3. The highest BCUT2D eigenvalue weighted by molar-refractivity contribution is 9.10. The number of sulfonamides is 1. The molecule has 0 heterocycles. The minimum Gasteiger partial charge on any atom is -0.398 e. The second-order valence-electron chi connectivity index (χ2n) is 4.26. The van der Waals surface area contributed by atoms with Gasteiger partial charge >= 0.3 is 0 Å². The molecule has 7 heteroatoms. The summed E-state index contributed by atoms with van der Waals surface area (Å²) in [5.74, 6) is -0.837. The Kier molecular flexibility index (Phi) is 5.11. The molecule has 4 nitrogen and oxygen atoms in total. The van der Waals surface area contributed by atoms with Crippen LogP contribution in [0.4, 0.5) is 10.1 Å². The van der Waals surface area contributed by atoms with Gasteiger partial charge in [0.2, 0.25) is 10.0 Å². The lowest BCUT2D eigenvalue weighted by molar-refractivity contribution is 0.380. The van der Waals surface area contributed by atoms with E-state index >= 15 is 0 Å². The topological polar surface area (TPSA) is 63.4 Å². The highest BCUT2D eigenvalue weighted by Gasteiger charge is 2.29. The number of hydrogen-bond donors (Lipinski definition) is 1. The van der Waals surface area contributed by atoms with Crippen LogP contribution in [0.1, 0.15) is 13.8 Å². The summed E-state index contributed by atoms with van der Waals surface area (Å²) in [6.07, 6.45) is 1.46. The van der Waals surface area contributed by atoms with Crippen molar-refractivity contribution < 1.29 is 12.8 Å². The van der Waals surface area contributed by atoms with Gasteiger partial charge in [-0.25, -0.2) is 12.8 Å². The average Bonchev–Trinajstić information content (AvgIpc) is 2.29. The fourth-order valence-corrected chi connectivity index (χ4v) is 3.59. The molecule has 0 unspecified atom stereocenters. The SMILES string of the molecule is C=CCN(C(C)C)S(=O)(=O)c1cc(N)c(Br)cc1F. The van der Waals surface area contributed by atoms with Gasteiger partial charge in [0.15, 0.2) is 0 Å². The molecule has 0 aromatic heterocycles. The first kappa shape index (κ1) is 16.1. The summed E-state index contributed by atoms with van der Waals surface area (Å²) in [6.45, 7) is 7.04. The summed E-state index contributed by atoms with van der Waals surface area (Å²) < 4.78 is 40.2. The second-order valence-corrected chi connectivity index (χ2v) is 6.97. The molecule has 0 saturated carbocycles. The Hall–Kier alpha value is -0.920. The fourth-order valence-electron chi connectivity index (χ4n) is 1.58. The zero-order chi connectivity index (χ0) is 14.8. The van der Waals surface area contributed by atoms with Crippen molar-refractivity contribution in [2.75, 3.05) is 12.3 Å². The Balaban J connectivity index is 3.41. The van der Waals surface area contributed by atoms with E-state index in [0.29, 0.717) is 4.47 Å². The van der Waals surface area contributed by atoms with E-state index in [1.54, 1.807) is 13.8 Å². The Morgan fingerprint density at radius 1 is 1.53 bits per heavy atom. The number of nitrogen functional groups attached to an aromatic ring is 1. The molecular weight excluding hydrogens is 335 g/mol. The number of rotatable bonds is 5. The Labute approximate surface area is 121 Å². The molecule has 0 bridgehead atoms. The molecule has 19 heavy (non-hydrogen) atoms. The minimum absolute atomic E-state index is 0.107. The molecule has 1 rings (SSSR count). The molecule has 0 aliphatic carbocycles. The summed E-state index contributed by atoms with van der Waals surface area (Å²) >= 11 is 3.05. The summed E-state index contributed by atoms with van der Waals surface area (Å²) in [4.78, 5) is -0.427. The van der Waals surface area contributed by atoms with Crippen molar-refractivity contribution >= 4 is 31.6 Å². The normalized spacial score (nSPS) is 12.1. The van der Waals surface area contributed by atoms with E-state index in [1.807, 2.05) is 0 Å². The first-order valence-corrected chi connectivity index (χ1v) is 7.82. The van der Waals surface area contributed by atoms with E-state index in [0.717, 1.165) is 16.4 Å². The number of halogens is 2. The first-order valence-electron chi connectivity index (χ1n) is 5.59. The molecule has 2 N–H and O–H groups in total. The van der Waals surface area contributed by atoms with Crippen LogP contribution in [0.3, 0.4) is 0 Å². The predicted molar refractivity (Wildman–Crippen MR) is 77.7 cm³/mol. The van der Waals surface area contributed by atoms with Crippen LogP contribution in [0.15, 0.2) is 34.2 Å². The molecule has 0 radical (unpaired) electrons. The van der Waals surface area contributed by atoms with Crippen LogP contribution >= 0.6 is 15.9 Å². The third-order valence-electron chi connectivity index (χ3n) is 2.52. The van der Waals surface area contributed by atoms with Gasteiger partial charge in [-0.05, 0) is 41.9 Å². The number of hydrogen-bond acceptors (Lipinski definition) is 3. The van der Waals surface area contributed by atoms with E-state index in [1.165, 1.54) is 6.08 Å². The molecular formula is C12H16BrFN2O2S. The quantitative estimate of drug-likeness (QED) is 0.655. The Bertz CT molecular complexity index is 588. The summed E-state index contributed by atoms with van der Waals surface area (Å²) in [5, 5.41) is 0. The molecule has 0 atom stereocenters. The van der Waals surface area contributed by atoms with Gasteiger partial charge in [0.25, 0.3) is 0 Å². The van der Waals surface area contributed by atoms with Gasteiger partial charge in [0.05, 0.1) is 0 Å². The van der Waals surface area contributed by atoms with E-state index in [4.69, 9.17) is 5.73 Å². The lowest BCUT2D eigenvalue weighted by Crippen LogP contribution is -2.37. The van der Waals surface area contributed by atoms with Crippen molar-refractivity contribution in [3.05, 3.63) is 35.1 Å². The molecule has 1 aromatic carbocycles. The maximum absolute atomic E-state index is 13.9. The number of nitrogens with zero attached hydrogens (tertiary/aromatic N) is 1. The molecule has 0 aliphatic rings. The van der Waals surface area contributed by atoms with Crippen molar-refractivity contribution in [3.63, 3.8) is 0 Å². The second kappa shape index (κ2) is 6.02. The van der Waals surface area contributed by atoms with E-state index < -0.39 is 20.7 Å². The lowest BCUT2D eigenvalue weighted by Gasteiger charge is -2.25. The summed E-state index contributed by atoms with van der Waals surface area (Å²) in [6, 6.07) is 1.86. The molecule has 1 aromatic rings. The molecule has 0 amide bonds. The third-order valence-corrected chi connectivity index (χ3v) is 5.27. The Morgan fingerprint density at radius 3 is 2.58 bits per heavy atom. The molecule has 106 valence electrons. The van der Waals surface area contributed by atoms with Gasteiger partial charge < -0.3 is 5.73 Å². The lowest BCUT2D eigenvalue weighted by atomic mass is 10.3. The zero-order valence-corrected chi connectivity index (χ0v) is 13.1. The van der Waals surface area contributed by atoms with Crippen LogP contribution in [0.5, 0.6) is 0 Å². The average molecular weight is 351 g/mol. The number of benzene rings is 1. The van der Waals surface area contributed by atoms with Crippen LogP contribution in [0.2, 0.25) is 0 Å². The molecule has 0 saturated heterocycles. The van der Waals surface area contributed by atoms with E-state index in [-0.39, 0.29) is 18.3 Å². The first-order chi connectivity index (χ1) is 8.71. The monoisotopic (exact) mass is 350 g/mol. The highest BCUT2D eigenvalue weighted by atomic mass is 79.9. The minimum atomic E-state index is -3.95. The van der Waals surface area contributed by atoms with Crippen molar-refractivity contribution in [3.8, 4) is 0 Å². The van der Waals surface area contributed by atoms with Gasteiger partial charge in [-0.1, -0.05) is 6.08 Å². The maximum atomic E-state index is 13.9. The summed E-state index contributed by atoms with van der Waals surface area (Å²) in [5.41, 5.74) is 5.79. The molecule has 0 fully saturated rings. The number of nitrogens with two attached hydrogens (primary N) is 1. The van der Waals surface area contributed by atoms with Crippen molar-refractivity contribution in [2.24, 2.45) is 0 Å². The van der Waals surface area contributed by atoms with Crippen molar-refractivity contribution in [2.45, 2.75) is 24.8 Å². The van der Waals surface area contributed by atoms with Crippen molar-refractivity contribution in [1.29, 1.82) is 0 Å². The van der Waals surface area contributed by atoms with Crippen LogP contribution in [0, 0.1) is 5.82 Å². The maximum Gasteiger partial charge on any atom is 0.246 e. The third kappa shape index (κ3) is 3.34. The fraction of sp³-hybridized carbons (Fsp3) is 0.333. The van der Waals surface area contributed by atoms with Gasteiger partial charge in [0.1, 0.15) is 10.7 Å².